The van der Waals surface area contributed by atoms with Crippen molar-refractivity contribution in [1.29, 1.82) is 0 Å². The Morgan fingerprint density at radius 1 is 1.39 bits per heavy atom. The van der Waals surface area contributed by atoms with Gasteiger partial charge in [-0.1, -0.05) is 30.3 Å². The molecular formula is C17H19N3O2S. The van der Waals surface area contributed by atoms with Crippen molar-refractivity contribution in [2.24, 2.45) is 5.92 Å². The Labute approximate surface area is 139 Å². The highest BCUT2D eigenvalue weighted by Crippen LogP contribution is 2.20. The maximum atomic E-state index is 12.3. The lowest BCUT2D eigenvalue weighted by Crippen LogP contribution is -2.32. The van der Waals surface area contributed by atoms with Gasteiger partial charge in [0.05, 0.1) is 23.2 Å². The Morgan fingerprint density at radius 3 is 2.87 bits per heavy atom. The fraction of sp³-hybridized carbons (Fsp3) is 0.353. The van der Waals surface area contributed by atoms with E-state index in [1.54, 1.807) is 16.2 Å². The SMILES string of the molecule is Cc1nc(CNC(=O)C2CC(=O)N(Cc3ccccc3)C2)cs1. The summed E-state index contributed by atoms with van der Waals surface area (Å²) in [5.74, 6) is -0.302. The van der Waals surface area contributed by atoms with Crippen molar-refractivity contribution in [3.63, 3.8) is 0 Å². The Hall–Kier alpha value is -2.21. The van der Waals surface area contributed by atoms with Gasteiger partial charge in [0.1, 0.15) is 0 Å². The van der Waals surface area contributed by atoms with E-state index in [4.69, 9.17) is 0 Å². The van der Waals surface area contributed by atoms with Crippen LogP contribution < -0.4 is 5.32 Å². The molecule has 5 nitrogen and oxygen atoms in total. The molecule has 1 aliphatic rings. The Balaban J connectivity index is 1.53. The van der Waals surface area contributed by atoms with Crippen LogP contribution in [0, 0.1) is 12.8 Å². The highest BCUT2D eigenvalue weighted by Gasteiger charge is 2.34. The first-order valence-electron chi connectivity index (χ1n) is 7.62. The Morgan fingerprint density at radius 2 is 2.17 bits per heavy atom. The van der Waals surface area contributed by atoms with Gasteiger partial charge in [0.25, 0.3) is 0 Å². The summed E-state index contributed by atoms with van der Waals surface area (Å²) in [6.45, 7) is 3.41. The number of benzene rings is 1. The van der Waals surface area contributed by atoms with Crippen LogP contribution in [0.2, 0.25) is 0 Å². The summed E-state index contributed by atoms with van der Waals surface area (Å²) < 4.78 is 0. The van der Waals surface area contributed by atoms with Gasteiger partial charge in [-0.3, -0.25) is 9.59 Å². The van der Waals surface area contributed by atoms with Gasteiger partial charge in [0.15, 0.2) is 0 Å². The zero-order chi connectivity index (χ0) is 16.2. The van der Waals surface area contributed by atoms with Gasteiger partial charge in [0.2, 0.25) is 11.8 Å². The molecule has 0 saturated carbocycles. The van der Waals surface area contributed by atoms with Crippen molar-refractivity contribution in [2.45, 2.75) is 26.4 Å². The molecule has 120 valence electrons. The average Bonchev–Trinajstić information content (AvgIpc) is 3.12. The molecule has 2 aromatic rings. The van der Waals surface area contributed by atoms with Crippen LogP contribution in [0.25, 0.3) is 0 Å². The first-order valence-corrected chi connectivity index (χ1v) is 8.50. The average molecular weight is 329 g/mol. The number of aryl methyl sites for hydroxylation is 1. The van der Waals surface area contributed by atoms with E-state index in [1.807, 2.05) is 42.6 Å². The maximum Gasteiger partial charge on any atom is 0.225 e. The van der Waals surface area contributed by atoms with Crippen molar-refractivity contribution in [1.82, 2.24) is 15.2 Å². The van der Waals surface area contributed by atoms with E-state index in [-0.39, 0.29) is 24.2 Å². The van der Waals surface area contributed by atoms with Crippen molar-refractivity contribution in [3.8, 4) is 0 Å². The monoisotopic (exact) mass is 329 g/mol. The number of hydrogen-bond acceptors (Lipinski definition) is 4. The predicted octanol–water partition coefficient (Wildman–Crippen LogP) is 2.12. The second-order valence-corrected chi connectivity index (χ2v) is 6.80. The molecule has 23 heavy (non-hydrogen) atoms. The summed E-state index contributed by atoms with van der Waals surface area (Å²) in [4.78, 5) is 30.4. The van der Waals surface area contributed by atoms with E-state index >= 15 is 0 Å². The molecule has 3 rings (SSSR count). The molecule has 1 aromatic carbocycles. The number of hydrogen-bond donors (Lipinski definition) is 1. The lowest BCUT2D eigenvalue weighted by atomic mass is 10.1. The second-order valence-electron chi connectivity index (χ2n) is 5.74. The van der Waals surface area contributed by atoms with Gasteiger partial charge < -0.3 is 10.2 Å². The van der Waals surface area contributed by atoms with Gasteiger partial charge >= 0.3 is 0 Å². The quantitative estimate of drug-likeness (QED) is 0.914. The number of rotatable bonds is 5. The normalized spacial score (nSPS) is 17.5. The predicted molar refractivity (Wildman–Crippen MR) is 88.7 cm³/mol. The van der Waals surface area contributed by atoms with Crippen molar-refractivity contribution in [2.75, 3.05) is 6.54 Å². The minimum absolute atomic E-state index is 0.0403. The fourth-order valence-corrected chi connectivity index (χ4v) is 3.33. The molecule has 6 heteroatoms. The van der Waals surface area contributed by atoms with Crippen molar-refractivity contribution in [3.05, 3.63) is 52.0 Å². The third-order valence-electron chi connectivity index (χ3n) is 3.91. The topological polar surface area (TPSA) is 62.3 Å². The molecule has 0 radical (unpaired) electrons. The van der Waals surface area contributed by atoms with Gasteiger partial charge in [-0.2, -0.15) is 0 Å². The molecule has 1 aromatic heterocycles. The highest BCUT2D eigenvalue weighted by molar-refractivity contribution is 7.09. The molecule has 0 aliphatic carbocycles. The largest absolute Gasteiger partial charge is 0.350 e. The molecule has 2 heterocycles. The van der Waals surface area contributed by atoms with Crippen LogP contribution in [0.1, 0.15) is 22.7 Å². The smallest absolute Gasteiger partial charge is 0.225 e. The van der Waals surface area contributed by atoms with Crippen LogP contribution in [0.3, 0.4) is 0 Å². The van der Waals surface area contributed by atoms with Gasteiger partial charge in [-0.05, 0) is 12.5 Å². The molecule has 1 atom stereocenters. The van der Waals surface area contributed by atoms with Gasteiger partial charge in [0, 0.05) is 24.9 Å². The second kappa shape index (κ2) is 6.91. The summed E-state index contributed by atoms with van der Waals surface area (Å²) >= 11 is 1.57. The third-order valence-corrected chi connectivity index (χ3v) is 4.73. The third kappa shape index (κ3) is 3.96. The van der Waals surface area contributed by atoms with Crippen LogP contribution in [-0.2, 0) is 22.7 Å². The summed E-state index contributed by atoms with van der Waals surface area (Å²) in [5.41, 5.74) is 1.95. The van der Waals surface area contributed by atoms with Gasteiger partial charge in [-0.15, -0.1) is 11.3 Å². The summed E-state index contributed by atoms with van der Waals surface area (Å²) in [5, 5.41) is 5.81. The number of aromatic nitrogens is 1. The van der Waals surface area contributed by atoms with Crippen LogP contribution in [0.4, 0.5) is 0 Å². The van der Waals surface area contributed by atoms with E-state index < -0.39 is 0 Å². The van der Waals surface area contributed by atoms with E-state index in [0.717, 1.165) is 16.3 Å². The minimum atomic E-state index is -0.272. The number of nitrogens with one attached hydrogen (secondary N) is 1. The van der Waals surface area contributed by atoms with Crippen LogP contribution in [-0.4, -0.2) is 28.2 Å². The molecule has 1 unspecified atom stereocenters. The zero-order valence-corrected chi connectivity index (χ0v) is 13.8. The molecular weight excluding hydrogens is 310 g/mol. The molecule has 1 aliphatic heterocycles. The number of nitrogens with zero attached hydrogens (tertiary/aromatic N) is 2. The Bertz CT molecular complexity index is 699. The van der Waals surface area contributed by atoms with Crippen molar-refractivity contribution < 1.29 is 9.59 Å². The number of likely N-dealkylation sites (tertiary alicyclic amines) is 1. The Kier molecular flexibility index (Phi) is 4.71. The van der Waals surface area contributed by atoms with E-state index in [9.17, 15) is 9.59 Å². The molecule has 1 N–H and O–H groups in total. The number of carbonyl (C=O) groups excluding carboxylic acids is 2. The summed E-state index contributed by atoms with van der Waals surface area (Å²) in [7, 11) is 0. The standard InChI is InChI=1S/C17H19N3O2S/c1-12-19-15(11-23-12)8-18-17(22)14-7-16(21)20(10-14)9-13-5-3-2-4-6-13/h2-6,11,14H,7-10H2,1H3,(H,18,22). The first-order chi connectivity index (χ1) is 11.1. The number of amides is 2. The lowest BCUT2D eigenvalue weighted by molar-refractivity contribution is -0.129. The zero-order valence-electron chi connectivity index (χ0n) is 13.0. The van der Waals surface area contributed by atoms with E-state index in [1.165, 1.54) is 0 Å². The molecule has 1 fully saturated rings. The van der Waals surface area contributed by atoms with Gasteiger partial charge in [-0.25, -0.2) is 4.98 Å². The van der Waals surface area contributed by atoms with Crippen LogP contribution >= 0.6 is 11.3 Å². The molecule has 2 amide bonds. The highest BCUT2D eigenvalue weighted by atomic mass is 32.1. The number of thiazole rings is 1. The molecule has 0 spiro atoms. The minimum Gasteiger partial charge on any atom is -0.350 e. The van der Waals surface area contributed by atoms with Crippen LogP contribution in [0.5, 0.6) is 0 Å². The van der Waals surface area contributed by atoms with E-state index in [0.29, 0.717) is 19.6 Å². The first kappa shape index (κ1) is 15.7. The summed E-state index contributed by atoms with van der Waals surface area (Å²) in [6.07, 6.45) is 0.286. The summed E-state index contributed by atoms with van der Waals surface area (Å²) in [6, 6.07) is 9.84. The fourth-order valence-electron chi connectivity index (χ4n) is 2.72. The molecule has 1 saturated heterocycles. The number of carbonyl (C=O) groups is 2. The van der Waals surface area contributed by atoms with E-state index in [2.05, 4.69) is 10.3 Å². The molecule has 0 bridgehead atoms. The lowest BCUT2D eigenvalue weighted by Gasteiger charge is -2.16. The maximum absolute atomic E-state index is 12.3. The van der Waals surface area contributed by atoms with Crippen molar-refractivity contribution >= 4 is 23.2 Å². The van der Waals surface area contributed by atoms with Crippen LogP contribution in [0.15, 0.2) is 35.7 Å².